The normalized spacial score (nSPS) is 21.4. The highest BCUT2D eigenvalue weighted by Gasteiger charge is 2.30. The Morgan fingerprint density at radius 2 is 1.86 bits per heavy atom. The highest BCUT2D eigenvalue weighted by atomic mass is 16.3. The van der Waals surface area contributed by atoms with Gasteiger partial charge in [0.25, 0.3) is 0 Å². The van der Waals surface area contributed by atoms with Crippen LogP contribution in [0.3, 0.4) is 0 Å². The van der Waals surface area contributed by atoms with E-state index in [0.29, 0.717) is 11.7 Å². The number of aliphatic hydroxyl groups is 1. The molecule has 0 aliphatic carbocycles. The zero-order valence-corrected chi connectivity index (χ0v) is 16.7. The highest BCUT2D eigenvalue weighted by Crippen LogP contribution is 2.21. The number of nitriles is 1. The number of nitrogens with one attached hydrogen (secondary N) is 2. The second kappa shape index (κ2) is 8.50. The Hall–Kier alpha value is -3.10. The van der Waals surface area contributed by atoms with Crippen molar-refractivity contribution < 1.29 is 10.0 Å². The molecule has 5 nitrogen and oxygen atoms in total. The summed E-state index contributed by atoms with van der Waals surface area (Å²) in [5, 5.41) is 20.6. The number of nitrogens with zero attached hydrogens (tertiary/aromatic N) is 2. The summed E-state index contributed by atoms with van der Waals surface area (Å²) in [6.45, 7) is 4.01. The number of rotatable bonds is 5. The fourth-order valence-corrected chi connectivity index (χ4v) is 4.35. The van der Waals surface area contributed by atoms with Crippen molar-refractivity contribution in [1.29, 1.82) is 5.26 Å². The number of piperidine rings is 1. The summed E-state index contributed by atoms with van der Waals surface area (Å²) in [7, 11) is 0. The number of aromatic nitrogens is 2. The average Bonchev–Trinajstić information content (AvgIpc) is 3.18. The number of quaternary nitrogens is 1. The minimum atomic E-state index is -0.129. The number of benzene rings is 2. The van der Waals surface area contributed by atoms with Crippen molar-refractivity contribution in [2.45, 2.75) is 32.2 Å². The largest absolute Gasteiger partial charge is 0.505 e. The third-order valence-corrected chi connectivity index (χ3v) is 6.13. The zero-order valence-electron chi connectivity index (χ0n) is 16.7. The Balaban J connectivity index is 1.45. The molecule has 0 radical (unpaired) electrons. The number of hydrogen-bond acceptors (Lipinski definition) is 3. The summed E-state index contributed by atoms with van der Waals surface area (Å²) in [6, 6.07) is 20.3. The molecular formula is C24H27N4O+. The van der Waals surface area contributed by atoms with Gasteiger partial charge in [-0.05, 0) is 49.8 Å². The van der Waals surface area contributed by atoms with Crippen molar-refractivity contribution in [3.8, 4) is 6.07 Å². The van der Waals surface area contributed by atoms with Crippen molar-refractivity contribution in [3.63, 3.8) is 0 Å². The maximum Gasteiger partial charge on any atom is 0.172 e. The number of likely N-dealkylation sites (tertiary alicyclic amines) is 1. The fraction of sp³-hybridized carbons (Fsp3) is 0.333. The van der Waals surface area contributed by atoms with Crippen LogP contribution >= 0.6 is 0 Å². The van der Waals surface area contributed by atoms with Gasteiger partial charge < -0.3 is 15.0 Å². The molecule has 1 aliphatic heterocycles. The van der Waals surface area contributed by atoms with Gasteiger partial charge in [-0.3, -0.25) is 0 Å². The van der Waals surface area contributed by atoms with Crippen molar-refractivity contribution >= 4 is 16.6 Å². The minimum Gasteiger partial charge on any atom is -0.505 e. The summed E-state index contributed by atoms with van der Waals surface area (Å²) >= 11 is 0. The zero-order chi connectivity index (χ0) is 20.2. The van der Waals surface area contributed by atoms with Gasteiger partial charge in [0.15, 0.2) is 11.6 Å². The van der Waals surface area contributed by atoms with Crippen LogP contribution in [0.4, 0.5) is 0 Å². The Labute approximate surface area is 171 Å². The molecule has 0 spiro atoms. The Kier molecular flexibility index (Phi) is 5.64. The van der Waals surface area contributed by atoms with Gasteiger partial charge in [-0.25, -0.2) is 4.98 Å². The molecule has 1 saturated heterocycles. The number of allylic oxidation sites excluding steroid dienone is 1. The molecule has 0 amide bonds. The van der Waals surface area contributed by atoms with Crippen LogP contribution in [0.15, 0.2) is 60.4 Å². The standard InChI is InChI=1S/C24H26N4O/c1-17(28-13-11-19(12-14-28)15-18-7-3-2-4-8-18)23(29)20(16-25)24-26-21-9-5-6-10-22(21)27-24/h2-10,17,19,29H,11-15H2,1H3,(H,26,27)/p+1/b23-20-/t17-/m1/s1. The number of imidazole rings is 1. The van der Waals surface area contributed by atoms with Crippen LogP contribution in [0.1, 0.15) is 31.2 Å². The Morgan fingerprint density at radius 1 is 1.17 bits per heavy atom. The summed E-state index contributed by atoms with van der Waals surface area (Å²) in [6.07, 6.45) is 3.38. The summed E-state index contributed by atoms with van der Waals surface area (Å²) in [5.41, 5.74) is 3.30. The predicted octanol–water partition coefficient (Wildman–Crippen LogP) is 3.28. The van der Waals surface area contributed by atoms with Crippen LogP contribution in [0.5, 0.6) is 0 Å². The quantitative estimate of drug-likeness (QED) is 0.464. The number of fused-ring (bicyclic) bond motifs is 1. The van der Waals surface area contributed by atoms with Crippen LogP contribution in [0, 0.1) is 17.2 Å². The summed E-state index contributed by atoms with van der Waals surface area (Å²) in [4.78, 5) is 8.97. The Bertz CT molecular complexity index is 1010. The molecule has 1 aliphatic rings. The molecule has 1 atom stereocenters. The van der Waals surface area contributed by atoms with Crippen LogP contribution in [-0.2, 0) is 6.42 Å². The third kappa shape index (κ3) is 4.18. The lowest BCUT2D eigenvalue weighted by molar-refractivity contribution is -0.925. The minimum absolute atomic E-state index is 0.128. The maximum absolute atomic E-state index is 10.9. The lowest BCUT2D eigenvalue weighted by Gasteiger charge is -2.33. The van der Waals surface area contributed by atoms with Crippen LogP contribution in [-0.4, -0.2) is 34.2 Å². The molecule has 2 heterocycles. The van der Waals surface area contributed by atoms with Crippen LogP contribution < -0.4 is 4.90 Å². The van der Waals surface area contributed by atoms with Gasteiger partial charge in [0.1, 0.15) is 17.7 Å². The first-order chi connectivity index (χ1) is 14.2. The van der Waals surface area contributed by atoms with Crippen LogP contribution in [0.2, 0.25) is 0 Å². The smallest absolute Gasteiger partial charge is 0.172 e. The lowest BCUT2D eigenvalue weighted by Crippen LogP contribution is -3.16. The van der Waals surface area contributed by atoms with Gasteiger partial charge in [-0.15, -0.1) is 0 Å². The first-order valence-corrected chi connectivity index (χ1v) is 10.3. The topological polar surface area (TPSA) is 77.1 Å². The monoisotopic (exact) mass is 387 g/mol. The molecule has 5 heteroatoms. The first kappa shape index (κ1) is 19.2. The second-order valence-corrected chi connectivity index (χ2v) is 7.99. The van der Waals surface area contributed by atoms with Crippen molar-refractivity contribution in [3.05, 3.63) is 71.7 Å². The van der Waals surface area contributed by atoms with Crippen molar-refractivity contribution in [2.24, 2.45) is 5.92 Å². The van der Waals surface area contributed by atoms with Gasteiger partial charge in [-0.1, -0.05) is 42.5 Å². The van der Waals surface area contributed by atoms with E-state index in [1.165, 1.54) is 10.5 Å². The number of para-hydroxylation sites is 2. The second-order valence-electron chi connectivity index (χ2n) is 7.99. The molecule has 0 bridgehead atoms. The summed E-state index contributed by atoms with van der Waals surface area (Å²) < 4.78 is 0. The van der Waals surface area contributed by atoms with Gasteiger partial charge in [0.2, 0.25) is 0 Å². The molecule has 3 aromatic rings. The molecular weight excluding hydrogens is 360 g/mol. The average molecular weight is 388 g/mol. The molecule has 1 aromatic heterocycles. The molecule has 4 rings (SSSR count). The molecule has 0 saturated carbocycles. The summed E-state index contributed by atoms with van der Waals surface area (Å²) in [5.74, 6) is 1.25. The number of aliphatic hydroxyl groups excluding tert-OH is 1. The van der Waals surface area contributed by atoms with E-state index < -0.39 is 0 Å². The number of aromatic amines is 1. The van der Waals surface area contributed by atoms with E-state index in [0.717, 1.165) is 43.4 Å². The van der Waals surface area contributed by atoms with E-state index >= 15 is 0 Å². The van der Waals surface area contributed by atoms with E-state index in [1.807, 2.05) is 31.2 Å². The van der Waals surface area contributed by atoms with Crippen LogP contribution in [0.25, 0.3) is 16.6 Å². The number of hydrogen-bond donors (Lipinski definition) is 3. The van der Waals surface area contributed by atoms with Gasteiger partial charge in [0, 0.05) is 0 Å². The third-order valence-electron chi connectivity index (χ3n) is 6.13. The number of H-pyrrole nitrogens is 1. The molecule has 3 N–H and O–H groups in total. The van der Waals surface area contributed by atoms with E-state index in [4.69, 9.17) is 0 Å². The van der Waals surface area contributed by atoms with E-state index in [1.54, 1.807) is 0 Å². The molecule has 0 unspecified atom stereocenters. The van der Waals surface area contributed by atoms with Gasteiger partial charge >= 0.3 is 0 Å². The SMILES string of the molecule is C[C@H](/C(O)=C(\C#N)c1nc2ccccc2[nH]1)[NH+]1CCC(Cc2ccccc2)CC1. The molecule has 1 fully saturated rings. The molecule has 148 valence electrons. The van der Waals surface area contributed by atoms with Gasteiger partial charge in [0.05, 0.1) is 24.1 Å². The molecule has 29 heavy (non-hydrogen) atoms. The van der Waals surface area contributed by atoms with Crippen molar-refractivity contribution in [2.75, 3.05) is 13.1 Å². The van der Waals surface area contributed by atoms with E-state index in [-0.39, 0.29) is 17.4 Å². The maximum atomic E-state index is 10.9. The van der Waals surface area contributed by atoms with E-state index in [9.17, 15) is 10.4 Å². The highest BCUT2D eigenvalue weighted by molar-refractivity contribution is 5.82. The van der Waals surface area contributed by atoms with Crippen molar-refractivity contribution in [1.82, 2.24) is 9.97 Å². The lowest BCUT2D eigenvalue weighted by atomic mass is 9.89. The first-order valence-electron chi connectivity index (χ1n) is 10.3. The van der Waals surface area contributed by atoms with E-state index in [2.05, 4.69) is 46.4 Å². The Morgan fingerprint density at radius 3 is 2.55 bits per heavy atom. The predicted molar refractivity (Wildman–Crippen MR) is 114 cm³/mol. The van der Waals surface area contributed by atoms with Gasteiger partial charge in [-0.2, -0.15) is 5.26 Å². The fourth-order valence-electron chi connectivity index (χ4n) is 4.35. The molecule has 2 aromatic carbocycles.